The van der Waals surface area contributed by atoms with Crippen LogP contribution in [0.1, 0.15) is 44.2 Å². The Bertz CT molecular complexity index is 453. The zero-order chi connectivity index (χ0) is 15.1. The maximum Gasteiger partial charge on any atom is 0.315 e. The summed E-state index contributed by atoms with van der Waals surface area (Å²) in [6.45, 7) is 7.88. The summed E-state index contributed by atoms with van der Waals surface area (Å²) in [7, 11) is 0. The van der Waals surface area contributed by atoms with Crippen LogP contribution >= 0.6 is 0 Å². The van der Waals surface area contributed by atoms with Gasteiger partial charge in [-0.2, -0.15) is 0 Å². The molecule has 0 unspecified atom stereocenters. The Hall–Kier alpha value is -1.55. The number of nitrogens with zero attached hydrogens (tertiary/aromatic N) is 1. The van der Waals surface area contributed by atoms with Crippen LogP contribution in [0.25, 0.3) is 0 Å². The van der Waals surface area contributed by atoms with Gasteiger partial charge in [0.05, 0.1) is 0 Å². The summed E-state index contributed by atoms with van der Waals surface area (Å²) in [6, 6.07) is 8.46. The first-order chi connectivity index (χ1) is 10.1. The molecule has 0 aliphatic carbocycles. The molecule has 4 nitrogen and oxygen atoms in total. The average Bonchev–Trinajstić information content (AvgIpc) is 2.47. The van der Waals surface area contributed by atoms with Gasteiger partial charge in [0.25, 0.3) is 0 Å². The van der Waals surface area contributed by atoms with E-state index in [2.05, 4.69) is 33.7 Å². The number of hydrogen-bond donors (Lipinski definition) is 2. The third kappa shape index (κ3) is 5.38. The van der Waals surface area contributed by atoms with Crippen molar-refractivity contribution >= 4 is 6.03 Å². The number of nitrogens with one attached hydrogen (secondary N) is 2. The normalized spacial score (nSPS) is 16.0. The minimum atomic E-state index is -0.0993. The summed E-state index contributed by atoms with van der Waals surface area (Å²) in [5.74, 6) is 0. The quantitative estimate of drug-likeness (QED) is 0.875. The van der Waals surface area contributed by atoms with Gasteiger partial charge in [-0.1, -0.05) is 30.7 Å². The van der Waals surface area contributed by atoms with Crippen molar-refractivity contribution in [3.05, 3.63) is 35.4 Å². The van der Waals surface area contributed by atoms with Crippen LogP contribution in [0.3, 0.4) is 0 Å². The van der Waals surface area contributed by atoms with Gasteiger partial charge in [-0.25, -0.2) is 4.79 Å². The number of hydrogen-bond acceptors (Lipinski definition) is 2. The van der Waals surface area contributed by atoms with E-state index in [4.69, 9.17) is 0 Å². The molecule has 1 aliphatic heterocycles. The first-order valence-corrected chi connectivity index (χ1v) is 7.98. The molecule has 1 aliphatic rings. The highest BCUT2D eigenvalue weighted by Crippen LogP contribution is 2.16. The number of benzene rings is 1. The van der Waals surface area contributed by atoms with E-state index < -0.39 is 0 Å². The molecule has 0 saturated carbocycles. The third-order valence-corrected chi connectivity index (χ3v) is 3.82. The van der Waals surface area contributed by atoms with Gasteiger partial charge in [0.2, 0.25) is 0 Å². The summed E-state index contributed by atoms with van der Waals surface area (Å²) in [5.41, 5.74) is 2.53. The van der Waals surface area contributed by atoms with Crippen LogP contribution in [0, 0.1) is 0 Å². The Morgan fingerprint density at radius 3 is 2.48 bits per heavy atom. The lowest BCUT2D eigenvalue weighted by atomic mass is 10.0. The van der Waals surface area contributed by atoms with Crippen molar-refractivity contribution in [1.82, 2.24) is 15.5 Å². The zero-order valence-corrected chi connectivity index (χ0v) is 13.2. The zero-order valence-electron chi connectivity index (χ0n) is 13.2. The Labute approximate surface area is 127 Å². The Morgan fingerprint density at radius 2 is 1.81 bits per heavy atom. The molecule has 2 amide bonds. The molecule has 2 rings (SSSR count). The van der Waals surface area contributed by atoms with Crippen molar-refractivity contribution in [2.45, 2.75) is 52.2 Å². The van der Waals surface area contributed by atoms with Crippen molar-refractivity contribution in [3.63, 3.8) is 0 Å². The van der Waals surface area contributed by atoms with Crippen LogP contribution in [-0.4, -0.2) is 30.1 Å². The van der Waals surface area contributed by atoms with E-state index in [-0.39, 0.29) is 12.1 Å². The molecule has 21 heavy (non-hydrogen) atoms. The monoisotopic (exact) mass is 289 g/mol. The molecule has 0 radical (unpaired) electrons. The molecule has 116 valence electrons. The first kappa shape index (κ1) is 15.8. The molecule has 1 fully saturated rings. The van der Waals surface area contributed by atoms with Crippen molar-refractivity contribution in [2.75, 3.05) is 13.1 Å². The first-order valence-electron chi connectivity index (χ1n) is 7.98. The third-order valence-electron chi connectivity index (χ3n) is 3.82. The fourth-order valence-electron chi connectivity index (χ4n) is 2.73. The number of piperidine rings is 1. The molecule has 0 spiro atoms. The van der Waals surface area contributed by atoms with Crippen LogP contribution in [0.5, 0.6) is 0 Å². The van der Waals surface area contributed by atoms with Gasteiger partial charge in [0, 0.05) is 19.1 Å². The predicted octanol–water partition coefficient (Wildman–Crippen LogP) is 2.88. The van der Waals surface area contributed by atoms with Gasteiger partial charge >= 0.3 is 6.03 Å². The fourth-order valence-corrected chi connectivity index (χ4v) is 2.73. The van der Waals surface area contributed by atoms with Crippen LogP contribution in [-0.2, 0) is 13.1 Å². The molecule has 0 atom stereocenters. The second-order valence-electron chi connectivity index (χ2n) is 6.09. The second-order valence-corrected chi connectivity index (χ2v) is 6.09. The van der Waals surface area contributed by atoms with E-state index in [1.165, 1.54) is 43.5 Å². The molecule has 1 heterocycles. The number of rotatable bonds is 5. The summed E-state index contributed by atoms with van der Waals surface area (Å²) in [5, 5.41) is 5.79. The molecule has 0 bridgehead atoms. The Morgan fingerprint density at radius 1 is 1.14 bits per heavy atom. The lowest BCUT2D eigenvalue weighted by Crippen LogP contribution is -2.39. The summed E-state index contributed by atoms with van der Waals surface area (Å²) in [6.07, 6.45) is 3.96. The number of carbonyl (C=O) groups is 1. The second kappa shape index (κ2) is 8.03. The van der Waals surface area contributed by atoms with E-state index in [1.807, 2.05) is 19.9 Å². The van der Waals surface area contributed by atoms with Crippen LogP contribution in [0.15, 0.2) is 24.3 Å². The molecule has 0 aromatic heterocycles. The highest BCUT2D eigenvalue weighted by Gasteiger charge is 2.12. The highest BCUT2D eigenvalue weighted by atomic mass is 16.2. The fraction of sp³-hybridized carbons (Fsp3) is 0.588. The smallest absolute Gasteiger partial charge is 0.315 e. The van der Waals surface area contributed by atoms with Gasteiger partial charge in [-0.15, -0.1) is 0 Å². The standard InChI is InChI=1S/C17H27N3O/c1-14(2)19-17(21)18-12-15-8-4-5-9-16(15)13-20-10-6-3-7-11-20/h4-5,8-9,14H,3,6-7,10-13H2,1-2H3,(H2,18,19,21). The van der Waals surface area contributed by atoms with Crippen molar-refractivity contribution < 1.29 is 4.79 Å². The van der Waals surface area contributed by atoms with E-state index in [1.54, 1.807) is 0 Å². The minimum Gasteiger partial charge on any atom is -0.336 e. The average molecular weight is 289 g/mol. The lowest BCUT2D eigenvalue weighted by molar-refractivity contribution is 0.220. The Kier molecular flexibility index (Phi) is 6.05. The molecule has 1 aromatic carbocycles. The van der Waals surface area contributed by atoms with Gasteiger partial charge in [-0.3, -0.25) is 4.90 Å². The summed E-state index contributed by atoms with van der Waals surface area (Å²) in [4.78, 5) is 14.2. The van der Waals surface area contributed by atoms with Gasteiger partial charge in [0.1, 0.15) is 0 Å². The van der Waals surface area contributed by atoms with Crippen LogP contribution in [0.2, 0.25) is 0 Å². The Balaban J connectivity index is 1.91. The van der Waals surface area contributed by atoms with Crippen molar-refractivity contribution in [2.24, 2.45) is 0 Å². The van der Waals surface area contributed by atoms with E-state index >= 15 is 0 Å². The predicted molar refractivity (Wildman–Crippen MR) is 86.1 cm³/mol. The van der Waals surface area contributed by atoms with E-state index in [9.17, 15) is 4.79 Å². The maximum atomic E-state index is 11.7. The molecule has 1 saturated heterocycles. The number of amides is 2. The number of urea groups is 1. The molecule has 2 N–H and O–H groups in total. The van der Waals surface area contributed by atoms with Crippen LogP contribution in [0.4, 0.5) is 4.79 Å². The molecule has 1 aromatic rings. The largest absolute Gasteiger partial charge is 0.336 e. The summed E-state index contributed by atoms with van der Waals surface area (Å²) < 4.78 is 0. The summed E-state index contributed by atoms with van der Waals surface area (Å²) >= 11 is 0. The topological polar surface area (TPSA) is 44.4 Å². The minimum absolute atomic E-state index is 0.0993. The van der Waals surface area contributed by atoms with E-state index in [0.29, 0.717) is 6.54 Å². The van der Waals surface area contributed by atoms with Crippen molar-refractivity contribution in [3.8, 4) is 0 Å². The number of carbonyl (C=O) groups excluding carboxylic acids is 1. The lowest BCUT2D eigenvalue weighted by Gasteiger charge is -2.27. The number of likely N-dealkylation sites (tertiary alicyclic amines) is 1. The maximum absolute atomic E-state index is 11.7. The van der Waals surface area contributed by atoms with Crippen LogP contribution < -0.4 is 10.6 Å². The highest BCUT2D eigenvalue weighted by molar-refractivity contribution is 5.74. The van der Waals surface area contributed by atoms with Gasteiger partial charge in [-0.05, 0) is 50.9 Å². The molecular weight excluding hydrogens is 262 g/mol. The van der Waals surface area contributed by atoms with Crippen molar-refractivity contribution in [1.29, 1.82) is 0 Å². The molecular formula is C17H27N3O. The van der Waals surface area contributed by atoms with Gasteiger partial charge < -0.3 is 10.6 Å². The molecule has 4 heteroatoms. The SMILES string of the molecule is CC(C)NC(=O)NCc1ccccc1CN1CCCCC1. The van der Waals surface area contributed by atoms with E-state index in [0.717, 1.165) is 6.54 Å². The van der Waals surface area contributed by atoms with Gasteiger partial charge in [0.15, 0.2) is 0 Å².